The smallest absolute Gasteiger partial charge is 0.303 e. The maximum Gasteiger partial charge on any atom is 0.303 e. The van der Waals surface area contributed by atoms with E-state index in [0.29, 0.717) is 12.8 Å². The molecule has 0 saturated carbocycles. The van der Waals surface area contributed by atoms with E-state index in [9.17, 15) is 14.7 Å². The van der Waals surface area contributed by atoms with Gasteiger partial charge in [0.1, 0.15) is 0 Å². The van der Waals surface area contributed by atoms with Crippen LogP contribution in [-0.2, 0) is 9.59 Å². The fourth-order valence-electron chi connectivity index (χ4n) is 2.39. The molecular formula is C18H32O5. The molecular weight excluding hydrogens is 296 g/mol. The van der Waals surface area contributed by atoms with Crippen molar-refractivity contribution in [1.82, 2.24) is 0 Å². The Labute approximate surface area is 139 Å². The minimum Gasteiger partial charge on any atom is -0.481 e. The Hall–Kier alpha value is -1.36. The molecule has 0 radical (unpaired) electrons. The minimum atomic E-state index is -0.754. The number of carboxylic acids is 2. The summed E-state index contributed by atoms with van der Waals surface area (Å²) in [5, 5.41) is 26.8. The molecule has 0 aromatic carbocycles. The molecule has 0 heterocycles. The van der Waals surface area contributed by atoms with Crippen LogP contribution in [-0.4, -0.2) is 33.4 Å². The van der Waals surface area contributed by atoms with Crippen molar-refractivity contribution < 1.29 is 24.9 Å². The minimum absolute atomic E-state index is 0.215. The Balaban J connectivity index is 3.31. The highest BCUT2D eigenvalue weighted by atomic mass is 16.4. The number of carbonyl (C=O) groups is 2. The van der Waals surface area contributed by atoms with Crippen LogP contribution in [0.4, 0.5) is 0 Å². The van der Waals surface area contributed by atoms with Crippen LogP contribution in [0, 0.1) is 0 Å². The average molecular weight is 328 g/mol. The van der Waals surface area contributed by atoms with E-state index in [1.807, 2.05) is 6.08 Å². The lowest BCUT2D eigenvalue weighted by Gasteiger charge is -2.07. The fourth-order valence-corrected chi connectivity index (χ4v) is 2.39. The van der Waals surface area contributed by atoms with Crippen molar-refractivity contribution in [3.8, 4) is 0 Å². The number of aliphatic hydroxyl groups excluding tert-OH is 1. The maximum absolute atomic E-state index is 10.3. The first-order chi connectivity index (χ1) is 11.0. The topological polar surface area (TPSA) is 94.8 Å². The maximum atomic E-state index is 10.3. The van der Waals surface area contributed by atoms with Crippen molar-refractivity contribution in [2.24, 2.45) is 0 Å². The number of hydrogen-bond acceptors (Lipinski definition) is 3. The number of aliphatic carboxylic acids is 2. The summed E-state index contributed by atoms with van der Waals surface area (Å²) >= 11 is 0. The molecule has 5 nitrogen and oxygen atoms in total. The van der Waals surface area contributed by atoms with Gasteiger partial charge < -0.3 is 15.3 Å². The van der Waals surface area contributed by atoms with Crippen molar-refractivity contribution in [3.63, 3.8) is 0 Å². The molecule has 1 atom stereocenters. The van der Waals surface area contributed by atoms with Crippen LogP contribution >= 0.6 is 0 Å². The highest BCUT2D eigenvalue weighted by molar-refractivity contribution is 5.66. The van der Waals surface area contributed by atoms with Crippen LogP contribution in [0.15, 0.2) is 12.2 Å². The predicted molar refractivity (Wildman–Crippen MR) is 90.4 cm³/mol. The van der Waals surface area contributed by atoms with Crippen molar-refractivity contribution >= 4 is 11.9 Å². The van der Waals surface area contributed by atoms with Gasteiger partial charge in [-0.3, -0.25) is 9.59 Å². The van der Waals surface area contributed by atoms with E-state index in [1.54, 1.807) is 0 Å². The molecule has 0 aliphatic heterocycles. The zero-order valence-electron chi connectivity index (χ0n) is 14.1. The largest absolute Gasteiger partial charge is 0.481 e. The Kier molecular flexibility index (Phi) is 14.6. The average Bonchev–Trinajstić information content (AvgIpc) is 2.48. The molecule has 5 heteroatoms. The van der Waals surface area contributed by atoms with Crippen LogP contribution < -0.4 is 0 Å². The zero-order valence-corrected chi connectivity index (χ0v) is 14.1. The first-order valence-corrected chi connectivity index (χ1v) is 8.79. The van der Waals surface area contributed by atoms with E-state index in [4.69, 9.17) is 10.2 Å². The van der Waals surface area contributed by atoms with Gasteiger partial charge in [0.2, 0.25) is 0 Å². The predicted octanol–water partition coefficient (Wildman–Crippen LogP) is 4.14. The molecule has 0 aromatic rings. The zero-order chi connectivity index (χ0) is 17.3. The Bertz CT molecular complexity index is 338. The molecule has 0 aromatic heterocycles. The molecule has 23 heavy (non-hydrogen) atoms. The van der Waals surface area contributed by atoms with E-state index in [2.05, 4.69) is 6.08 Å². The van der Waals surface area contributed by atoms with Gasteiger partial charge in [0.05, 0.1) is 6.10 Å². The highest BCUT2D eigenvalue weighted by Crippen LogP contribution is 2.10. The number of aliphatic hydroxyl groups is 1. The van der Waals surface area contributed by atoms with E-state index < -0.39 is 11.9 Å². The summed E-state index contributed by atoms with van der Waals surface area (Å²) < 4.78 is 0. The third-order valence-electron chi connectivity index (χ3n) is 3.76. The third kappa shape index (κ3) is 18.6. The lowest BCUT2D eigenvalue weighted by atomic mass is 10.1. The quantitative estimate of drug-likeness (QED) is 0.292. The SMILES string of the molecule is O=C(O)CCCCCCCC=CCC(O)CCCCCC(=O)O. The standard InChI is InChI=1S/C18H32O5/c19-16(13-9-7-11-15-18(22)23)12-8-5-3-1-2-4-6-10-14-17(20)21/h5,8,16,19H,1-4,6-7,9-15H2,(H,20,21)(H,22,23). The Morgan fingerprint density at radius 3 is 1.87 bits per heavy atom. The molecule has 0 spiro atoms. The van der Waals surface area contributed by atoms with Gasteiger partial charge in [-0.25, -0.2) is 0 Å². The van der Waals surface area contributed by atoms with Crippen molar-refractivity contribution in [3.05, 3.63) is 12.2 Å². The van der Waals surface area contributed by atoms with Crippen molar-refractivity contribution in [2.75, 3.05) is 0 Å². The van der Waals surface area contributed by atoms with Crippen LogP contribution in [0.3, 0.4) is 0 Å². The monoisotopic (exact) mass is 328 g/mol. The molecule has 0 fully saturated rings. The molecule has 0 aliphatic rings. The molecule has 3 N–H and O–H groups in total. The van der Waals surface area contributed by atoms with Gasteiger partial charge in [-0.1, -0.05) is 44.3 Å². The lowest BCUT2D eigenvalue weighted by molar-refractivity contribution is -0.138. The van der Waals surface area contributed by atoms with E-state index in [0.717, 1.165) is 57.8 Å². The van der Waals surface area contributed by atoms with Crippen LogP contribution in [0.5, 0.6) is 0 Å². The van der Waals surface area contributed by atoms with Gasteiger partial charge in [-0.15, -0.1) is 0 Å². The molecule has 0 saturated heterocycles. The van der Waals surface area contributed by atoms with Crippen LogP contribution in [0.25, 0.3) is 0 Å². The van der Waals surface area contributed by atoms with Crippen LogP contribution in [0.1, 0.15) is 83.5 Å². The molecule has 0 bridgehead atoms. The lowest BCUT2D eigenvalue weighted by Crippen LogP contribution is -2.04. The summed E-state index contributed by atoms with van der Waals surface area (Å²) in [6, 6.07) is 0. The number of allylic oxidation sites excluding steroid dienone is 1. The molecule has 134 valence electrons. The molecule has 1 unspecified atom stereocenters. The highest BCUT2D eigenvalue weighted by Gasteiger charge is 2.02. The van der Waals surface area contributed by atoms with Gasteiger partial charge in [0.15, 0.2) is 0 Å². The van der Waals surface area contributed by atoms with E-state index in [-0.39, 0.29) is 18.9 Å². The van der Waals surface area contributed by atoms with Crippen molar-refractivity contribution in [1.29, 1.82) is 0 Å². The Morgan fingerprint density at radius 2 is 1.26 bits per heavy atom. The summed E-state index contributed by atoms with van der Waals surface area (Å²) in [5.41, 5.74) is 0. The fraction of sp³-hybridized carbons (Fsp3) is 0.778. The molecule has 0 rings (SSSR count). The molecule has 0 amide bonds. The summed E-state index contributed by atoms with van der Waals surface area (Å²) in [6.45, 7) is 0. The number of unbranched alkanes of at least 4 members (excludes halogenated alkanes) is 7. The normalized spacial score (nSPS) is 12.6. The van der Waals surface area contributed by atoms with Gasteiger partial charge in [0, 0.05) is 12.8 Å². The Morgan fingerprint density at radius 1 is 0.739 bits per heavy atom. The first kappa shape index (κ1) is 21.6. The van der Waals surface area contributed by atoms with E-state index in [1.165, 1.54) is 0 Å². The number of rotatable bonds is 16. The second-order valence-corrected chi connectivity index (χ2v) is 6.05. The second kappa shape index (κ2) is 15.5. The first-order valence-electron chi connectivity index (χ1n) is 8.79. The summed E-state index contributed by atoms with van der Waals surface area (Å²) in [6.07, 6.45) is 14.2. The summed E-state index contributed by atoms with van der Waals surface area (Å²) in [4.78, 5) is 20.7. The number of hydrogen-bond donors (Lipinski definition) is 3. The molecule has 0 aliphatic carbocycles. The van der Waals surface area contributed by atoms with Crippen LogP contribution in [0.2, 0.25) is 0 Å². The summed E-state index contributed by atoms with van der Waals surface area (Å²) in [5.74, 6) is -1.47. The van der Waals surface area contributed by atoms with Gasteiger partial charge >= 0.3 is 11.9 Å². The van der Waals surface area contributed by atoms with Gasteiger partial charge in [0.25, 0.3) is 0 Å². The third-order valence-corrected chi connectivity index (χ3v) is 3.76. The summed E-state index contributed by atoms with van der Waals surface area (Å²) in [7, 11) is 0. The van der Waals surface area contributed by atoms with Crippen molar-refractivity contribution in [2.45, 2.75) is 89.6 Å². The van der Waals surface area contributed by atoms with Gasteiger partial charge in [-0.2, -0.15) is 0 Å². The second-order valence-electron chi connectivity index (χ2n) is 6.05. The number of carboxylic acid groups (broad SMARTS) is 2. The van der Waals surface area contributed by atoms with Gasteiger partial charge in [-0.05, 0) is 38.5 Å². The van der Waals surface area contributed by atoms with E-state index >= 15 is 0 Å².